The van der Waals surface area contributed by atoms with E-state index in [4.69, 9.17) is 5.73 Å². The predicted molar refractivity (Wildman–Crippen MR) is 80.7 cm³/mol. The molecule has 4 N–H and O–H groups in total. The van der Waals surface area contributed by atoms with Gasteiger partial charge in [0.25, 0.3) is 0 Å². The molecule has 0 fully saturated rings. The lowest BCUT2D eigenvalue weighted by atomic mass is 10.1. The summed E-state index contributed by atoms with van der Waals surface area (Å²) in [5, 5.41) is 12.7. The maximum Gasteiger partial charge on any atom is 0.128 e. The summed E-state index contributed by atoms with van der Waals surface area (Å²) in [4.78, 5) is 8.91. The molecule has 0 amide bonds. The number of anilines is 1. The fourth-order valence-electron chi connectivity index (χ4n) is 1.88. The molecule has 5 heteroatoms. The van der Waals surface area contributed by atoms with Crippen LogP contribution in [-0.2, 0) is 6.42 Å². The van der Waals surface area contributed by atoms with Gasteiger partial charge in [-0.2, -0.15) is 0 Å². The van der Waals surface area contributed by atoms with Gasteiger partial charge in [-0.25, -0.2) is 9.97 Å². The summed E-state index contributed by atoms with van der Waals surface area (Å²) in [5.74, 6) is 1.05. The van der Waals surface area contributed by atoms with E-state index in [-0.39, 0.29) is 5.75 Å². The topological polar surface area (TPSA) is 84.1 Å². The Balaban J connectivity index is 2.33. The normalized spacial score (nSPS) is 10.5. The second kappa shape index (κ2) is 6.86. The molecule has 0 bridgehead atoms. The van der Waals surface area contributed by atoms with E-state index in [9.17, 15) is 5.11 Å². The Kier molecular flexibility index (Phi) is 4.90. The van der Waals surface area contributed by atoms with Gasteiger partial charge in [0.05, 0.1) is 17.6 Å². The van der Waals surface area contributed by atoms with Crippen molar-refractivity contribution in [3.63, 3.8) is 0 Å². The average molecular weight is 272 g/mol. The van der Waals surface area contributed by atoms with Crippen molar-refractivity contribution >= 4 is 5.69 Å². The molecule has 20 heavy (non-hydrogen) atoms. The number of nitrogens with two attached hydrogens (primary N) is 1. The highest BCUT2D eigenvalue weighted by molar-refractivity contribution is 5.73. The van der Waals surface area contributed by atoms with Crippen molar-refractivity contribution in [2.75, 3.05) is 18.4 Å². The molecule has 0 atom stereocenters. The minimum Gasteiger partial charge on any atom is -0.508 e. The lowest BCUT2D eigenvalue weighted by Gasteiger charge is -2.12. The van der Waals surface area contributed by atoms with Gasteiger partial charge in [0.2, 0.25) is 0 Å². The zero-order valence-corrected chi connectivity index (χ0v) is 11.6. The number of benzene rings is 1. The molecule has 2 rings (SSSR count). The van der Waals surface area contributed by atoms with Gasteiger partial charge in [-0.3, -0.25) is 0 Å². The highest BCUT2D eigenvalue weighted by atomic mass is 16.3. The number of hydrogen-bond acceptors (Lipinski definition) is 5. The Morgan fingerprint density at radius 3 is 2.65 bits per heavy atom. The molecular weight excluding hydrogens is 252 g/mol. The Morgan fingerprint density at radius 2 is 2.00 bits per heavy atom. The van der Waals surface area contributed by atoms with E-state index in [0.29, 0.717) is 6.54 Å². The summed E-state index contributed by atoms with van der Waals surface area (Å²) in [5.41, 5.74) is 8.20. The first kappa shape index (κ1) is 14.3. The van der Waals surface area contributed by atoms with Crippen LogP contribution in [0.15, 0.2) is 30.5 Å². The molecule has 5 nitrogen and oxygen atoms in total. The summed E-state index contributed by atoms with van der Waals surface area (Å²) >= 11 is 0. The quantitative estimate of drug-likeness (QED) is 0.702. The van der Waals surface area contributed by atoms with Crippen LogP contribution in [0.3, 0.4) is 0 Å². The number of aromatic hydroxyl groups is 1. The molecule has 0 aliphatic rings. The van der Waals surface area contributed by atoms with Crippen LogP contribution in [-0.4, -0.2) is 28.2 Å². The first-order valence-corrected chi connectivity index (χ1v) is 6.84. The average Bonchev–Trinajstić information content (AvgIpc) is 2.48. The van der Waals surface area contributed by atoms with E-state index in [2.05, 4.69) is 15.3 Å². The minimum absolute atomic E-state index is 0.246. The number of aryl methyl sites for hydroxylation is 1. The third-order valence-electron chi connectivity index (χ3n) is 2.99. The first-order valence-electron chi connectivity index (χ1n) is 6.84. The van der Waals surface area contributed by atoms with Crippen molar-refractivity contribution < 1.29 is 5.11 Å². The second-order valence-corrected chi connectivity index (χ2v) is 4.52. The molecule has 0 aliphatic carbocycles. The van der Waals surface area contributed by atoms with Crippen molar-refractivity contribution in [3.8, 4) is 17.0 Å². The predicted octanol–water partition coefficient (Wildman–Crippen LogP) is 2.17. The van der Waals surface area contributed by atoms with Crippen molar-refractivity contribution in [3.05, 3.63) is 36.3 Å². The lowest BCUT2D eigenvalue weighted by molar-refractivity contribution is 0.475. The third kappa shape index (κ3) is 3.45. The van der Waals surface area contributed by atoms with Gasteiger partial charge in [0.15, 0.2) is 0 Å². The molecule has 106 valence electrons. The zero-order chi connectivity index (χ0) is 14.4. The third-order valence-corrected chi connectivity index (χ3v) is 2.99. The Bertz CT molecular complexity index is 554. The maximum absolute atomic E-state index is 9.38. The van der Waals surface area contributed by atoms with E-state index in [1.54, 1.807) is 12.1 Å². The Morgan fingerprint density at radius 1 is 1.25 bits per heavy atom. The van der Waals surface area contributed by atoms with Gasteiger partial charge in [-0.05, 0) is 37.2 Å². The van der Waals surface area contributed by atoms with E-state index in [0.717, 1.165) is 42.2 Å². The van der Waals surface area contributed by atoms with Gasteiger partial charge < -0.3 is 16.2 Å². The van der Waals surface area contributed by atoms with Crippen LogP contribution >= 0.6 is 0 Å². The molecular formula is C15H20N4O. The number of phenolic OH excluding ortho intramolecular Hbond substituents is 1. The lowest BCUT2D eigenvalue weighted by Crippen LogP contribution is -2.10. The molecule has 0 radical (unpaired) electrons. The van der Waals surface area contributed by atoms with Crippen LogP contribution in [0.5, 0.6) is 5.75 Å². The van der Waals surface area contributed by atoms with Crippen LogP contribution in [0, 0.1) is 0 Å². The highest BCUT2D eigenvalue weighted by Gasteiger charge is 2.09. The van der Waals surface area contributed by atoms with Gasteiger partial charge in [-0.15, -0.1) is 0 Å². The monoisotopic (exact) mass is 272 g/mol. The van der Waals surface area contributed by atoms with Gasteiger partial charge in [-0.1, -0.05) is 6.92 Å². The summed E-state index contributed by atoms with van der Waals surface area (Å²) in [7, 11) is 0. The van der Waals surface area contributed by atoms with Gasteiger partial charge >= 0.3 is 0 Å². The molecule has 1 heterocycles. The van der Waals surface area contributed by atoms with Crippen molar-refractivity contribution in [2.45, 2.75) is 19.8 Å². The molecule has 2 aromatic rings. The summed E-state index contributed by atoms with van der Waals surface area (Å²) < 4.78 is 0. The van der Waals surface area contributed by atoms with E-state index < -0.39 is 0 Å². The van der Waals surface area contributed by atoms with E-state index in [1.165, 1.54) is 0 Å². The standard InChI is InChI=1S/C15H20N4O/c1-2-14-18-10-13(17-9-3-8-16)15(19-14)11-4-6-12(20)7-5-11/h4-7,10,17,20H,2-3,8-9,16H2,1H3. The fraction of sp³-hybridized carbons (Fsp3) is 0.333. The molecule has 1 aromatic heterocycles. The number of hydrogen-bond donors (Lipinski definition) is 3. The number of rotatable bonds is 6. The second-order valence-electron chi connectivity index (χ2n) is 4.52. The Hall–Kier alpha value is -2.14. The summed E-state index contributed by atoms with van der Waals surface area (Å²) in [6, 6.07) is 7.02. The van der Waals surface area contributed by atoms with Crippen molar-refractivity contribution in [1.29, 1.82) is 0 Å². The maximum atomic E-state index is 9.38. The molecule has 0 spiro atoms. The molecule has 0 unspecified atom stereocenters. The van der Waals surface area contributed by atoms with Crippen LogP contribution in [0.25, 0.3) is 11.3 Å². The molecule has 0 saturated carbocycles. The van der Waals surface area contributed by atoms with Crippen molar-refractivity contribution in [1.82, 2.24) is 9.97 Å². The SMILES string of the molecule is CCc1ncc(NCCCN)c(-c2ccc(O)cc2)n1. The number of nitrogens with zero attached hydrogens (tertiary/aromatic N) is 2. The largest absolute Gasteiger partial charge is 0.508 e. The highest BCUT2D eigenvalue weighted by Crippen LogP contribution is 2.27. The minimum atomic E-state index is 0.246. The zero-order valence-electron chi connectivity index (χ0n) is 11.6. The van der Waals surface area contributed by atoms with Gasteiger partial charge in [0.1, 0.15) is 11.6 Å². The van der Waals surface area contributed by atoms with Crippen LogP contribution in [0.2, 0.25) is 0 Å². The summed E-state index contributed by atoms with van der Waals surface area (Å²) in [6.45, 7) is 3.46. The first-order chi connectivity index (χ1) is 9.74. The molecule has 1 aromatic carbocycles. The van der Waals surface area contributed by atoms with Crippen LogP contribution in [0.4, 0.5) is 5.69 Å². The smallest absolute Gasteiger partial charge is 0.128 e. The number of nitrogens with one attached hydrogen (secondary N) is 1. The number of aromatic nitrogens is 2. The Labute approximate surface area is 118 Å². The van der Waals surface area contributed by atoms with Crippen LogP contribution in [0.1, 0.15) is 19.2 Å². The van der Waals surface area contributed by atoms with Crippen molar-refractivity contribution in [2.24, 2.45) is 5.73 Å². The summed E-state index contributed by atoms with van der Waals surface area (Å²) in [6.07, 6.45) is 3.49. The van der Waals surface area contributed by atoms with E-state index in [1.807, 2.05) is 25.3 Å². The molecule has 0 aliphatic heterocycles. The molecule has 0 saturated heterocycles. The van der Waals surface area contributed by atoms with Gasteiger partial charge in [0, 0.05) is 18.5 Å². The van der Waals surface area contributed by atoms with Crippen LogP contribution < -0.4 is 11.1 Å². The fourth-order valence-corrected chi connectivity index (χ4v) is 1.88. The van der Waals surface area contributed by atoms with E-state index >= 15 is 0 Å². The number of phenols is 1.